The molecule has 1 rings (SSSR count). The Kier molecular flexibility index (Phi) is 3.93. The Morgan fingerprint density at radius 1 is 1.60 bits per heavy atom. The first-order valence-corrected chi connectivity index (χ1v) is 4.29. The predicted molar refractivity (Wildman–Crippen MR) is 49.6 cm³/mol. The van der Waals surface area contributed by atoms with Gasteiger partial charge in [0, 0.05) is 23.9 Å². The highest BCUT2D eigenvalue weighted by atomic mass is 19.3. The van der Waals surface area contributed by atoms with E-state index in [1.807, 2.05) is 0 Å². The van der Waals surface area contributed by atoms with Gasteiger partial charge in [-0.05, 0) is 0 Å². The third kappa shape index (κ3) is 2.21. The van der Waals surface area contributed by atoms with Crippen molar-refractivity contribution in [3.05, 3.63) is 23.0 Å². The third-order valence-electron chi connectivity index (χ3n) is 2.04. The molecule has 0 atom stereocenters. The topological polar surface area (TPSA) is 68.4 Å². The van der Waals surface area contributed by atoms with Gasteiger partial charge in [0.05, 0.1) is 13.7 Å². The fourth-order valence-corrected chi connectivity index (χ4v) is 1.34. The largest absolute Gasteiger partial charge is 0.494 e. The molecule has 0 aliphatic heterocycles. The number of methoxy groups -OCH3 is 1. The van der Waals surface area contributed by atoms with Gasteiger partial charge in [-0.15, -0.1) is 0 Å². The maximum atomic E-state index is 12.6. The molecule has 0 aromatic carbocycles. The van der Waals surface area contributed by atoms with Crippen LogP contribution >= 0.6 is 0 Å². The molecule has 1 heterocycles. The summed E-state index contributed by atoms with van der Waals surface area (Å²) >= 11 is 0. The normalized spacial score (nSPS) is 10.8. The number of hydrogen-bond acceptors (Lipinski definition) is 4. The van der Waals surface area contributed by atoms with E-state index in [9.17, 15) is 8.78 Å². The van der Waals surface area contributed by atoms with Crippen LogP contribution in [0.15, 0.2) is 6.20 Å². The molecule has 15 heavy (non-hydrogen) atoms. The number of aliphatic hydroxyl groups is 1. The molecule has 6 heteroatoms. The zero-order chi connectivity index (χ0) is 11.4. The summed E-state index contributed by atoms with van der Waals surface area (Å²) in [6.07, 6.45) is -1.64. The molecule has 0 spiro atoms. The molecule has 0 aliphatic carbocycles. The van der Waals surface area contributed by atoms with Crippen LogP contribution in [0.3, 0.4) is 0 Å². The van der Waals surface area contributed by atoms with Gasteiger partial charge in [-0.1, -0.05) is 0 Å². The first kappa shape index (κ1) is 11.8. The summed E-state index contributed by atoms with van der Waals surface area (Å²) in [6, 6.07) is 0. The van der Waals surface area contributed by atoms with Crippen LogP contribution < -0.4 is 10.5 Å². The van der Waals surface area contributed by atoms with E-state index in [0.717, 1.165) is 6.20 Å². The van der Waals surface area contributed by atoms with Crippen molar-refractivity contribution in [2.75, 3.05) is 7.11 Å². The number of pyridine rings is 1. The van der Waals surface area contributed by atoms with Gasteiger partial charge in [-0.3, -0.25) is 4.98 Å². The molecule has 0 radical (unpaired) electrons. The number of halogens is 2. The van der Waals surface area contributed by atoms with Gasteiger partial charge in [-0.25, -0.2) is 8.78 Å². The lowest BCUT2D eigenvalue weighted by Crippen LogP contribution is -2.09. The number of nitrogens with zero attached hydrogens (tertiary/aromatic N) is 1. The van der Waals surface area contributed by atoms with E-state index in [1.165, 1.54) is 7.11 Å². The van der Waals surface area contributed by atoms with Crippen molar-refractivity contribution < 1.29 is 18.6 Å². The first-order chi connectivity index (χ1) is 7.15. The second-order valence-electron chi connectivity index (χ2n) is 2.83. The Labute approximate surface area is 85.7 Å². The molecular weight excluding hydrogens is 206 g/mol. The quantitative estimate of drug-likeness (QED) is 0.790. The molecule has 84 valence electrons. The Morgan fingerprint density at radius 2 is 2.27 bits per heavy atom. The van der Waals surface area contributed by atoms with Crippen LogP contribution in [-0.4, -0.2) is 17.2 Å². The molecule has 3 N–H and O–H groups in total. The number of aromatic nitrogens is 1. The van der Waals surface area contributed by atoms with Crippen LogP contribution in [0, 0.1) is 0 Å². The first-order valence-electron chi connectivity index (χ1n) is 4.29. The van der Waals surface area contributed by atoms with E-state index in [1.54, 1.807) is 0 Å². The Hall–Kier alpha value is -1.27. The van der Waals surface area contributed by atoms with Gasteiger partial charge in [0.15, 0.2) is 0 Å². The summed E-state index contributed by atoms with van der Waals surface area (Å²) in [7, 11) is 1.32. The molecule has 0 unspecified atom stereocenters. The molecule has 4 nitrogen and oxygen atoms in total. The van der Waals surface area contributed by atoms with Gasteiger partial charge in [0.2, 0.25) is 0 Å². The number of ether oxygens (including phenoxy) is 1. The van der Waals surface area contributed by atoms with E-state index < -0.39 is 6.43 Å². The number of aliphatic hydroxyl groups excluding tert-OH is 1. The smallest absolute Gasteiger partial charge is 0.265 e. The van der Waals surface area contributed by atoms with Crippen molar-refractivity contribution in [1.82, 2.24) is 4.98 Å². The van der Waals surface area contributed by atoms with Crippen molar-refractivity contribution in [2.24, 2.45) is 5.73 Å². The summed E-state index contributed by atoms with van der Waals surface area (Å²) in [5, 5.41) is 8.93. The van der Waals surface area contributed by atoms with Crippen molar-refractivity contribution in [2.45, 2.75) is 19.6 Å². The molecule has 0 amide bonds. The van der Waals surface area contributed by atoms with Crippen LogP contribution in [-0.2, 0) is 13.2 Å². The molecular formula is C9H12F2N2O2. The minimum atomic E-state index is -2.65. The number of alkyl halides is 2. The standard InChI is InChI=1S/C9H12F2N2O2/c1-15-8-5(2-12)6(9(10)11)3-13-7(8)4-14/h3,9,14H,2,4,12H2,1H3. The SMILES string of the molecule is COc1c(CO)ncc(C(F)F)c1CN. The summed E-state index contributed by atoms with van der Waals surface area (Å²) in [4.78, 5) is 3.69. The molecule has 0 bridgehead atoms. The summed E-state index contributed by atoms with van der Waals surface area (Å²) in [5.74, 6) is 0.137. The van der Waals surface area contributed by atoms with Crippen molar-refractivity contribution in [1.29, 1.82) is 0 Å². The fourth-order valence-electron chi connectivity index (χ4n) is 1.34. The monoisotopic (exact) mass is 218 g/mol. The average Bonchev–Trinajstić information content (AvgIpc) is 2.26. The minimum Gasteiger partial charge on any atom is -0.494 e. The highest BCUT2D eigenvalue weighted by Crippen LogP contribution is 2.30. The Bertz CT molecular complexity index is 345. The van der Waals surface area contributed by atoms with Gasteiger partial charge in [-0.2, -0.15) is 0 Å². The van der Waals surface area contributed by atoms with Crippen LogP contribution in [0.1, 0.15) is 23.2 Å². The van der Waals surface area contributed by atoms with Crippen LogP contribution in [0.4, 0.5) is 8.78 Å². The number of hydrogen-bond donors (Lipinski definition) is 2. The van der Waals surface area contributed by atoms with Crippen LogP contribution in [0.5, 0.6) is 5.75 Å². The van der Waals surface area contributed by atoms with E-state index in [0.29, 0.717) is 0 Å². The lowest BCUT2D eigenvalue weighted by Gasteiger charge is -2.14. The number of nitrogens with two attached hydrogens (primary N) is 1. The van der Waals surface area contributed by atoms with Gasteiger partial charge >= 0.3 is 0 Å². The lowest BCUT2D eigenvalue weighted by molar-refractivity contribution is 0.149. The molecule has 1 aromatic rings. The molecule has 0 fully saturated rings. The molecule has 0 saturated heterocycles. The lowest BCUT2D eigenvalue weighted by atomic mass is 10.1. The van der Waals surface area contributed by atoms with Gasteiger partial charge in [0.25, 0.3) is 6.43 Å². The summed E-state index contributed by atoms with van der Waals surface area (Å²) < 4.78 is 30.0. The fraction of sp³-hybridized carbons (Fsp3) is 0.444. The summed E-state index contributed by atoms with van der Waals surface area (Å²) in [6.45, 7) is -0.460. The Balaban J connectivity index is 3.34. The number of rotatable bonds is 4. The van der Waals surface area contributed by atoms with Crippen LogP contribution in [0.2, 0.25) is 0 Å². The second-order valence-corrected chi connectivity index (χ2v) is 2.83. The van der Waals surface area contributed by atoms with Crippen molar-refractivity contribution in [3.63, 3.8) is 0 Å². The zero-order valence-corrected chi connectivity index (χ0v) is 8.20. The Morgan fingerprint density at radius 3 is 2.67 bits per heavy atom. The van der Waals surface area contributed by atoms with E-state index in [-0.39, 0.29) is 35.7 Å². The summed E-state index contributed by atoms with van der Waals surface area (Å²) in [5.41, 5.74) is 5.50. The molecule has 0 saturated carbocycles. The second kappa shape index (κ2) is 4.99. The minimum absolute atomic E-state index is 0.0850. The van der Waals surface area contributed by atoms with E-state index in [4.69, 9.17) is 15.6 Å². The van der Waals surface area contributed by atoms with Gasteiger partial charge in [0.1, 0.15) is 11.4 Å². The van der Waals surface area contributed by atoms with Gasteiger partial charge < -0.3 is 15.6 Å². The van der Waals surface area contributed by atoms with Crippen molar-refractivity contribution >= 4 is 0 Å². The highest BCUT2D eigenvalue weighted by Gasteiger charge is 2.19. The van der Waals surface area contributed by atoms with Crippen LogP contribution in [0.25, 0.3) is 0 Å². The molecule has 1 aromatic heterocycles. The third-order valence-corrected chi connectivity index (χ3v) is 2.04. The zero-order valence-electron chi connectivity index (χ0n) is 8.20. The average molecular weight is 218 g/mol. The highest BCUT2D eigenvalue weighted by molar-refractivity contribution is 5.42. The predicted octanol–water partition coefficient (Wildman–Crippen LogP) is 0.979. The van der Waals surface area contributed by atoms with E-state index in [2.05, 4.69) is 4.98 Å². The maximum Gasteiger partial charge on any atom is 0.265 e. The molecule has 0 aliphatic rings. The van der Waals surface area contributed by atoms with Crippen molar-refractivity contribution in [3.8, 4) is 5.75 Å². The van der Waals surface area contributed by atoms with E-state index >= 15 is 0 Å². The maximum absolute atomic E-state index is 12.6.